The fraction of sp³-hybridized carbons (Fsp3) is 0.562. The molecule has 0 atom stereocenters. The number of halogens is 4. The Hall–Kier alpha value is -2.07. The molecule has 0 aromatic carbocycles. The summed E-state index contributed by atoms with van der Waals surface area (Å²) in [6.07, 6.45) is -1.68. The number of urea groups is 1. The van der Waals surface area contributed by atoms with Crippen molar-refractivity contribution in [3.8, 4) is 0 Å². The molecule has 1 saturated heterocycles. The van der Waals surface area contributed by atoms with E-state index in [1.807, 2.05) is 4.90 Å². The van der Waals surface area contributed by atoms with Gasteiger partial charge in [0.15, 0.2) is 6.54 Å². The maximum absolute atomic E-state index is 12.7. The highest BCUT2D eigenvalue weighted by atomic mass is 35.5. The topological polar surface area (TPSA) is 80.0 Å². The number of carbonyl (C=O) groups excluding carboxylic acids is 2. The summed E-state index contributed by atoms with van der Waals surface area (Å²) in [6.45, 7) is 2.42. The number of pyridine rings is 1. The van der Waals surface area contributed by atoms with E-state index in [1.165, 1.54) is 0 Å². The highest BCUT2D eigenvalue weighted by molar-refractivity contribution is 6.32. The molecular weight excluding hydrogens is 387 g/mol. The summed E-state index contributed by atoms with van der Waals surface area (Å²) in [5.41, 5.74) is -0.832. The Kier molecular flexibility index (Phi) is 5.75. The van der Waals surface area contributed by atoms with Crippen LogP contribution in [-0.2, 0) is 11.0 Å². The summed E-state index contributed by atoms with van der Waals surface area (Å²) < 4.78 is 38.1. The van der Waals surface area contributed by atoms with Gasteiger partial charge < -0.3 is 10.2 Å². The molecule has 2 aliphatic rings. The summed E-state index contributed by atoms with van der Waals surface area (Å²) in [5, 5.41) is 5.00. The van der Waals surface area contributed by atoms with Crippen LogP contribution in [0.25, 0.3) is 0 Å². The Labute approximate surface area is 158 Å². The van der Waals surface area contributed by atoms with Gasteiger partial charge in [0.1, 0.15) is 37.4 Å². The van der Waals surface area contributed by atoms with E-state index in [-0.39, 0.29) is 23.5 Å². The molecule has 1 saturated carbocycles. The molecule has 0 spiro atoms. The van der Waals surface area contributed by atoms with Crippen molar-refractivity contribution in [2.24, 2.45) is 0 Å². The second-order valence-electron chi connectivity index (χ2n) is 6.79. The average molecular weight is 408 g/mol. The van der Waals surface area contributed by atoms with Crippen molar-refractivity contribution in [2.45, 2.75) is 25.1 Å². The monoisotopic (exact) mass is 407 g/mol. The van der Waals surface area contributed by atoms with Gasteiger partial charge in [-0.15, -0.1) is 0 Å². The van der Waals surface area contributed by atoms with Crippen molar-refractivity contribution in [3.05, 3.63) is 22.8 Å². The van der Waals surface area contributed by atoms with Crippen molar-refractivity contribution in [1.29, 1.82) is 0 Å². The van der Waals surface area contributed by atoms with E-state index in [0.29, 0.717) is 32.0 Å². The molecule has 1 aromatic heterocycles. The molecule has 0 radical (unpaired) electrons. The van der Waals surface area contributed by atoms with Crippen molar-refractivity contribution in [2.75, 3.05) is 37.6 Å². The number of quaternary nitrogens is 1. The van der Waals surface area contributed by atoms with Gasteiger partial charge in [-0.1, -0.05) is 11.6 Å². The Bertz CT molecular complexity index is 718. The molecule has 1 aliphatic heterocycles. The third-order valence-corrected chi connectivity index (χ3v) is 4.85. The van der Waals surface area contributed by atoms with Gasteiger partial charge in [-0.2, -0.15) is 13.2 Å². The zero-order valence-corrected chi connectivity index (χ0v) is 15.2. The zero-order valence-electron chi connectivity index (χ0n) is 14.5. The molecule has 3 amide bonds. The van der Waals surface area contributed by atoms with E-state index >= 15 is 0 Å². The Morgan fingerprint density at radius 2 is 1.96 bits per heavy atom. The highest BCUT2D eigenvalue weighted by Gasteiger charge is 2.35. The van der Waals surface area contributed by atoms with Gasteiger partial charge in [0.2, 0.25) is 0 Å². The second kappa shape index (κ2) is 7.89. The standard InChI is InChI=1S/C16H19ClF3N5O2/c17-12-7-10(16(18,19)20)8-21-14(12)25-5-3-24(4-6-25)9-13(26)23-15(27)22-11-1-2-11/h7-8,11H,1-6,9H2,(H2,22,23,26,27)/p+2. The number of nitrogens with zero attached hydrogens (tertiary/aromatic N) is 1. The molecule has 0 bridgehead atoms. The Morgan fingerprint density at radius 1 is 1.30 bits per heavy atom. The lowest BCUT2D eigenvalue weighted by Crippen LogP contribution is -3.16. The van der Waals surface area contributed by atoms with Gasteiger partial charge >= 0.3 is 12.2 Å². The lowest BCUT2D eigenvalue weighted by Gasteiger charge is -2.28. The van der Waals surface area contributed by atoms with Crippen molar-refractivity contribution in [1.82, 2.24) is 10.6 Å². The van der Waals surface area contributed by atoms with Gasteiger partial charge in [0.25, 0.3) is 11.7 Å². The number of anilines is 1. The number of alkyl halides is 3. The minimum absolute atomic E-state index is 0.00256. The number of amides is 3. The molecule has 1 aliphatic carbocycles. The van der Waals surface area contributed by atoms with E-state index < -0.39 is 17.8 Å². The fourth-order valence-electron chi connectivity index (χ4n) is 2.94. The number of nitrogens with one attached hydrogen (secondary N) is 4. The summed E-state index contributed by atoms with van der Waals surface area (Å²) in [5.74, 6) is 0.0766. The molecule has 4 N–H and O–H groups in total. The van der Waals surface area contributed by atoms with Crippen molar-refractivity contribution in [3.63, 3.8) is 0 Å². The van der Waals surface area contributed by atoms with E-state index in [4.69, 9.17) is 11.6 Å². The van der Waals surface area contributed by atoms with Gasteiger partial charge in [-0.05, 0) is 18.9 Å². The lowest BCUT2D eigenvalue weighted by molar-refractivity contribution is -0.892. The number of imide groups is 1. The third-order valence-electron chi connectivity index (χ3n) is 4.56. The molecule has 3 rings (SSSR count). The Morgan fingerprint density at radius 3 is 2.52 bits per heavy atom. The SMILES string of the molecule is O=C(C[NH+]1CCN(c2[nH+]cc(C(F)(F)F)cc2Cl)CC1)NC(=O)NC1CC1. The first-order valence-electron chi connectivity index (χ1n) is 8.69. The van der Waals surface area contributed by atoms with E-state index in [1.54, 1.807) is 0 Å². The number of aromatic nitrogens is 1. The molecule has 2 fully saturated rings. The van der Waals surface area contributed by atoms with E-state index in [9.17, 15) is 22.8 Å². The maximum atomic E-state index is 12.7. The first-order valence-corrected chi connectivity index (χ1v) is 9.07. The number of hydrogen-bond donors (Lipinski definition) is 3. The number of piperazine rings is 1. The smallest absolute Gasteiger partial charge is 0.335 e. The van der Waals surface area contributed by atoms with Crippen LogP contribution < -0.4 is 25.4 Å². The molecule has 7 nitrogen and oxygen atoms in total. The van der Waals surface area contributed by atoms with E-state index in [2.05, 4.69) is 15.6 Å². The first-order chi connectivity index (χ1) is 12.7. The number of carbonyl (C=O) groups is 2. The van der Waals surface area contributed by atoms with Crippen LogP contribution in [0.15, 0.2) is 12.3 Å². The van der Waals surface area contributed by atoms with Crippen LogP contribution in [0.4, 0.5) is 23.8 Å². The molecule has 11 heteroatoms. The molecule has 1 aromatic rings. The summed E-state index contributed by atoms with van der Waals surface area (Å²) >= 11 is 6.01. The molecule has 148 valence electrons. The lowest BCUT2D eigenvalue weighted by atomic mass is 10.2. The molecule has 27 heavy (non-hydrogen) atoms. The maximum Gasteiger partial charge on any atom is 0.419 e. The first kappa shape index (κ1) is 19.7. The number of rotatable bonds is 4. The van der Waals surface area contributed by atoms with Crippen LogP contribution >= 0.6 is 11.6 Å². The van der Waals surface area contributed by atoms with Gasteiger partial charge in [0.05, 0.1) is 5.56 Å². The Balaban J connectivity index is 1.48. The van der Waals surface area contributed by atoms with Crippen LogP contribution in [-0.4, -0.2) is 50.7 Å². The quantitative estimate of drug-likeness (QED) is 0.650. The van der Waals surface area contributed by atoms with Crippen LogP contribution in [0.2, 0.25) is 5.02 Å². The van der Waals surface area contributed by atoms with Gasteiger partial charge in [-0.25, -0.2) is 14.7 Å². The molecule has 0 unspecified atom stereocenters. The zero-order chi connectivity index (χ0) is 19.6. The minimum Gasteiger partial charge on any atom is -0.335 e. The summed E-state index contributed by atoms with van der Waals surface area (Å²) in [6, 6.07) is 0.614. The fourth-order valence-corrected chi connectivity index (χ4v) is 3.23. The third kappa shape index (κ3) is 5.46. The largest absolute Gasteiger partial charge is 0.419 e. The normalized spacial score (nSPS) is 18.3. The number of aromatic amines is 1. The molecular formula is C16H21ClF3N5O2+2. The van der Waals surface area contributed by atoms with Crippen molar-refractivity contribution < 1.29 is 32.6 Å². The van der Waals surface area contributed by atoms with Gasteiger partial charge in [0, 0.05) is 6.04 Å². The van der Waals surface area contributed by atoms with Crippen LogP contribution in [0.3, 0.4) is 0 Å². The van der Waals surface area contributed by atoms with Crippen LogP contribution in [0.5, 0.6) is 0 Å². The van der Waals surface area contributed by atoms with Crippen molar-refractivity contribution >= 4 is 29.4 Å². The predicted molar refractivity (Wildman–Crippen MR) is 90.5 cm³/mol. The predicted octanol–water partition coefficient (Wildman–Crippen LogP) is -0.134. The highest BCUT2D eigenvalue weighted by Crippen LogP contribution is 2.31. The summed E-state index contributed by atoms with van der Waals surface area (Å²) in [4.78, 5) is 28.9. The number of H-pyrrole nitrogens is 1. The van der Waals surface area contributed by atoms with Gasteiger partial charge in [-0.3, -0.25) is 10.1 Å². The second-order valence-corrected chi connectivity index (χ2v) is 7.20. The molecule has 2 heterocycles. The summed E-state index contributed by atoms with van der Waals surface area (Å²) in [7, 11) is 0. The van der Waals surface area contributed by atoms with Crippen LogP contribution in [0.1, 0.15) is 18.4 Å². The average Bonchev–Trinajstić information content (AvgIpc) is 3.38. The number of hydrogen-bond acceptors (Lipinski definition) is 3. The van der Waals surface area contributed by atoms with Crippen LogP contribution in [0, 0.1) is 0 Å². The van der Waals surface area contributed by atoms with E-state index in [0.717, 1.165) is 30.0 Å². The minimum atomic E-state index is -4.46.